The fourth-order valence-corrected chi connectivity index (χ4v) is 2.52. The molecule has 0 aromatic carbocycles. The van der Waals surface area contributed by atoms with Crippen LogP contribution in [0.15, 0.2) is 55.0 Å². The van der Waals surface area contributed by atoms with E-state index >= 15 is 0 Å². The molecule has 0 N–H and O–H groups in total. The van der Waals surface area contributed by atoms with E-state index in [9.17, 15) is 4.79 Å². The standard InChI is InChI=1S/C17H14N4O2/c1-12-5-4-7-16-19-14(10-21(12)16)17(22)23-11-13-9-20-8-3-2-6-15(20)18-13/h2-10H,11H2,1H3. The van der Waals surface area contributed by atoms with Crippen LogP contribution in [-0.2, 0) is 11.3 Å². The average molecular weight is 306 g/mol. The Kier molecular flexibility index (Phi) is 3.08. The monoisotopic (exact) mass is 306 g/mol. The van der Waals surface area contributed by atoms with Crippen molar-refractivity contribution < 1.29 is 9.53 Å². The predicted molar refractivity (Wildman–Crippen MR) is 84.2 cm³/mol. The molecular weight excluding hydrogens is 292 g/mol. The van der Waals surface area contributed by atoms with Gasteiger partial charge in [0.25, 0.3) is 0 Å². The summed E-state index contributed by atoms with van der Waals surface area (Å²) in [5.41, 5.74) is 3.55. The predicted octanol–water partition coefficient (Wildman–Crippen LogP) is 2.65. The highest BCUT2D eigenvalue weighted by Gasteiger charge is 2.14. The van der Waals surface area contributed by atoms with Gasteiger partial charge in [0.2, 0.25) is 0 Å². The minimum Gasteiger partial charge on any atom is -0.454 e. The molecular formula is C17H14N4O2. The van der Waals surface area contributed by atoms with E-state index < -0.39 is 5.97 Å². The number of rotatable bonds is 3. The smallest absolute Gasteiger partial charge is 0.358 e. The molecule has 0 aliphatic heterocycles. The maximum atomic E-state index is 12.2. The van der Waals surface area contributed by atoms with Gasteiger partial charge < -0.3 is 13.5 Å². The second-order valence-electron chi connectivity index (χ2n) is 5.30. The van der Waals surface area contributed by atoms with E-state index in [0.717, 1.165) is 17.0 Å². The zero-order chi connectivity index (χ0) is 15.8. The van der Waals surface area contributed by atoms with E-state index in [-0.39, 0.29) is 6.61 Å². The van der Waals surface area contributed by atoms with Gasteiger partial charge in [-0.3, -0.25) is 0 Å². The quantitative estimate of drug-likeness (QED) is 0.546. The van der Waals surface area contributed by atoms with E-state index in [4.69, 9.17) is 4.74 Å². The first kappa shape index (κ1) is 13.5. The first-order valence-corrected chi connectivity index (χ1v) is 7.25. The number of nitrogens with zero attached hydrogens (tertiary/aromatic N) is 4. The van der Waals surface area contributed by atoms with Gasteiger partial charge in [-0.15, -0.1) is 0 Å². The lowest BCUT2D eigenvalue weighted by atomic mass is 10.4. The zero-order valence-corrected chi connectivity index (χ0v) is 12.5. The summed E-state index contributed by atoms with van der Waals surface area (Å²) in [4.78, 5) is 20.9. The molecule has 0 fully saturated rings. The number of carbonyl (C=O) groups is 1. The van der Waals surface area contributed by atoms with Gasteiger partial charge in [-0.25, -0.2) is 14.8 Å². The molecule has 4 rings (SSSR count). The summed E-state index contributed by atoms with van der Waals surface area (Å²) in [6.07, 6.45) is 5.44. The van der Waals surface area contributed by atoms with Crippen molar-refractivity contribution in [2.24, 2.45) is 0 Å². The molecule has 6 nitrogen and oxygen atoms in total. The molecule has 4 aromatic heterocycles. The van der Waals surface area contributed by atoms with Gasteiger partial charge in [0, 0.05) is 24.3 Å². The first-order valence-electron chi connectivity index (χ1n) is 7.25. The molecule has 23 heavy (non-hydrogen) atoms. The third kappa shape index (κ3) is 2.44. The lowest BCUT2D eigenvalue weighted by Gasteiger charge is -1.99. The molecule has 114 valence electrons. The maximum Gasteiger partial charge on any atom is 0.358 e. The molecule has 0 radical (unpaired) electrons. The Morgan fingerprint density at radius 2 is 1.96 bits per heavy atom. The number of aryl methyl sites for hydroxylation is 1. The van der Waals surface area contributed by atoms with E-state index in [0.29, 0.717) is 11.4 Å². The number of pyridine rings is 2. The molecule has 0 atom stereocenters. The van der Waals surface area contributed by atoms with Crippen molar-refractivity contribution >= 4 is 17.3 Å². The van der Waals surface area contributed by atoms with Crippen LogP contribution in [0, 0.1) is 6.92 Å². The highest BCUT2D eigenvalue weighted by molar-refractivity contribution is 5.88. The molecule has 0 amide bonds. The average Bonchev–Trinajstić information content (AvgIpc) is 3.17. The Bertz CT molecular complexity index is 983. The fourth-order valence-electron chi connectivity index (χ4n) is 2.52. The summed E-state index contributed by atoms with van der Waals surface area (Å²) in [6, 6.07) is 11.5. The normalized spacial score (nSPS) is 11.2. The Labute approximate surface area is 132 Å². The van der Waals surface area contributed by atoms with E-state index in [1.807, 2.05) is 64.5 Å². The zero-order valence-electron chi connectivity index (χ0n) is 12.5. The molecule has 6 heteroatoms. The molecule has 0 unspecified atom stereocenters. The molecule has 0 saturated carbocycles. The lowest BCUT2D eigenvalue weighted by molar-refractivity contribution is 0.0462. The van der Waals surface area contributed by atoms with Crippen molar-refractivity contribution in [3.63, 3.8) is 0 Å². The van der Waals surface area contributed by atoms with Crippen LogP contribution < -0.4 is 0 Å². The number of imidazole rings is 2. The fraction of sp³-hybridized carbons (Fsp3) is 0.118. The first-order chi connectivity index (χ1) is 11.2. The van der Waals surface area contributed by atoms with E-state index in [1.165, 1.54) is 0 Å². The molecule has 0 saturated heterocycles. The van der Waals surface area contributed by atoms with Gasteiger partial charge in [-0.05, 0) is 31.2 Å². The Balaban J connectivity index is 1.53. The van der Waals surface area contributed by atoms with Crippen LogP contribution in [0.25, 0.3) is 11.3 Å². The molecule has 0 aliphatic rings. The van der Waals surface area contributed by atoms with Crippen molar-refractivity contribution in [2.45, 2.75) is 13.5 Å². The molecule has 4 heterocycles. The molecule has 4 aromatic rings. The van der Waals surface area contributed by atoms with Gasteiger partial charge >= 0.3 is 5.97 Å². The van der Waals surface area contributed by atoms with Crippen LogP contribution >= 0.6 is 0 Å². The third-order valence-corrected chi connectivity index (χ3v) is 3.67. The molecule has 0 spiro atoms. The van der Waals surface area contributed by atoms with Crippen molar-refractivity contribution in [3.8, 4) is 0 Å². The minimum absolute atomic E-state index is 0.118. The van der Waals surface area contributed by atoms with Crippen molar-refractivity contribution in [1.29, 1.82) is 0 Å². The van der Waals surface area contributed by atoms with Crippen LogP contribution in [0.1, 0.15) is 21.9 Å². The third-order valence-electron chi connectivity index (χ3n) is 3.67. The van der Waals surface area contributed by atoms with Crippen LogP contribution in [0.2, 0.25) is 0 Å². The van der Waals surface area contributed by atoms with E-state index in [2.05, 4.69) is 9.97 Å². The highest BCUT2D eigenvalue weighted by Crippen LogP contribution is 2.11. The van der Waals surface area contributed by atoms with Crippen LogP contribution in [-0.4, -0.2) is 24.7 Å². The maximum absolute atomic E-state index is 12.2. The Morgan fingerprint density at radius 3 is 2.78 bits per heavy atom. The van der Waals surface area contributed by atoms with E-state index in [1.54, 1.807) is 6.20 Å². The van der Waals surface area contributed by atoms with Crippen molar-refractivity contribution in [2.75, 3.05) is 0 Å². The number of hydrogen-bond donors (Lipinski definition) is 0. The minimum atomic E-state index is -0.454. The summed E-state index contributed by atoms with van der Waals surface area (Å²) >= 11 is 0. The summed E-state index contributed by atoms with van der Waals surface area (Å²) in [7, 11) is 0. The summed E-state index contributed by atoms with van der Waals surface area (Å²) in [5, 5.41) is 0. The van der Waals surface area contributed by atoms with Gasteiger partial charge in [-0.1, -0.05) is 12.1 Å². The SMILES string of the molecule is Cc1cccc2nc(C(=O)OCc3cn4ccccc4n3)cn12. The molecule has 0 bridgehead atoms. The number of aromatic nitrogens is 4. The van der Waals surface area contributed by atoms with Crippen LogP contribution in [0.5, 0.6) is 0 Å². The number of carbonyl (C=O) groups excluding carboxylic acids is 1. The Hall–Kier alpha value is -3.15. The lowest BCUT2D eigenvalue weighted by Crippen LogP contribution is -2.05. The van der Waals surface area contributed by atoms with Gasteiger partial charge in [0.05, 0.1) is 5.69 Å². The van der Waals surface area contributed by atoms with Crippen molar-refractivity contribution in [3.05, 3.63) is 72.1 Å². The molecule has 0 aliphatic carbocycles. The van der Waals surface area contributed by atoms with Gasteiger partial charge in [-0.2, -0.15) is 0 Å². The second kappa shape index (κ2) is 5.24. The number of fused-ring (bicyclic) bond motifs is 2. The summed E-state index contributed by atoms with van der Waals surface area (Å²) in [6.45, 7) is 2.08. The van der Waals surface area contributed by atoms with Gasteiger partial charge in [0.15, 0.2) is 5.69 Å². The Morgan fingerprint density at radius 1 is 1.09 bits per heavy atom. The summed E-state index contributed by atoms with van der Waals surface area (Å²) in [5.74, 6) is -0.454. The van der Waals surface area contributed by atoms with Crippen molar-refractivity contribution in [1.82, 2.24) is 18.8 Å². The summed E-state index contributed by atoms with van der Waals surface area (Å²) < 4.78 is 9.07. The van der Waals surface area contributed by atoms with Gasteiger partial charge in [0.1, 0.15) is 17.9 Å². The highest BCUT2D eigenvalue weighted by atomic mass is 16.5. The second-order valence-corrected chi connectivity index (χ2v) is 5.30. The van der Waals surface area contributed by atoms with Crippen LogP contribution in [0.4, 0.5) is 0 Å². The number of ether oxygens (including phenoxy) is 1. The number of esters is 1. The number of hydrogen-bond acceptors (Lipinski definition) is 4. The van der Waals surface area contributed by atoms with Crippen LogP contribution in [0.3, 0.4) is 0 Å². The largest absolute Gasteiger partial charge is 0.454 e. The topological polar surface area (TPSA) is 60.9 Å².